The average Bonchev–Trinajstić information content (AvgIpc) is 2.79. The monoisotopic (exact) mass is 442 g/mol. The summed E-state index contributed by atoms with van der Waals surface area (Å²) in [4.78, 5) is 23.4. The molecule has 0 saturated heterocycles. The van der Waals surface area contributed by atoms with Gasteiger partial charge in [0.2, 0.25) is 0 Å². The number of benzene rings is 2. The van der Waals surface area contributed by atoms with Crippen molar-refractivity contribution in [1.29, 1.82) is 0 Å². The summed E-state index contributed by atoms with van der Waals surface area (Å²) in [6.07, 6.45) is 3.78. The first-order valence-electron chi connectivity index (χ1n) is 10.2. The molecule has 0 aromatic heterocycles. The van der Waals surface area contributed by atoms with Crippen LogP contribution in [0.2, 0.25) is 0 Å². The van der Waals surface area contributed by atoms with E-state index in [0.29, 0.717) is 23.5 Å². The van der Waals surface area contributed by atoms with Crippen LogP contribution >= 0.6 is 0 Å². The van der Waals surface area contributed by atoms with Gasteiger partial charge in [-0.2, -0.15) is 0 Å². The van der Waals surface area contributed by atoms with E-state index in [-0.39, 0.29) is 12.5 Å². The lowest BCUT2D eigenvalue weighted by Gasteiger charge is -2.26. The lowest BCUT2D eigenvalue weighted by atomic mass is 9.92. The van der Waals surface area contributed by atoms with E-state index < -0.39 is 18.0 Å². The maximum atomic E-state index is 11.9. The van der Waals surface area contributed by atoms with Gasteiger partial charge in [-0.3, -0.25) is 9.59 Å². The maximum absolute atomic E-state index is 11.9. The van der Waals surface area contributed by atoms with E-state index in [1.807, 2.05) is 42.5 Å². The van der Waals surface area contributed by atoms with Crippen molar-refractivity contribution in [2.24, 2.45) is 5.92 Å². The fourth-order valence-electron chi connectivity index (χ4n) is 3.24. The lowest BCUT2D eigenvalue weighted by molar-refractivity contribution is -0.153. The number of hydrogen-bond acceptors (Lipinski definition) is 7. The van der Waals surface area contributed by atoms with Crippen LogP contribution in [-0.2, 0) is 19.1 Å². The third kappa shape index (κ3) is 7.34. The molecule has 0 unspecified atom stereocenters. The van der Waals surface area contributed by atoms with Crippen molar-refractivity contribution in [2.45, 2.75) is 26.4 Å². The second kappa shape index (κ2) is 12.4. The summed E-state index contributed by atoms with van der Waals surface area (Å²) in [7, 11) is 4.71. The second-order valence-electron chi connectivity index (χ2n) is 7.12. The molecule has 0 fully saturated rings. The van der Waals surface area contributed by atoms with Crippen molar-refractivity contribution in [2.75, 3.05) is 27.9 Å². The molecule has 7 nitrogen and oxygen atoms in total. The minimum atomic E-state index is -0.646. The van der Waals surface area contributed by atoms with Crippen LogP contribution in [-0.4, -0.2) is 39.9 Å². The highest BCUT2D eigenvalue weighted by atomic mass is 16.6. The minimum absolute atomic E-state index is 0.0918. The summed E-state index contributed by atoms with van der Waals surface area (Å²) in [6, 6.07) is 13.0. The molecule has 32 heavy (non-hydrogen) atoms. The summed E-state index contributed by atoms with van der Waals surface area (Å²) in [6.45, 7) is 2.79. The molecule has 7 heteroatoms. The Morgan fingerprint density at radius 1 is 0.875 bits per heavy atom. The normalized spacial score (nSPS) is 12.7. The molecule has 0 heterocycles. The van der Waals surface area contributed by atoms with Gasteiger partial charge in [0.1, 0.15) is 11.9 Å². The quantitative estimate of drug-likeness (QED) is 0.471. The van der Waals surface area contributed by atoms with E-state index in [4.69, 9.17) is 23.7 Å². The number of carbonyl (C=O) groups is 2. The van der Waals surface area contributed by atoms with Gasteiger partial charge in [-0.1, -0.05) is 30.4 Å². The highest BCUT2D eigenvalue weighted by Crippen LogP contribution is 2.36. The van der Waals surface area contributed by atoms with E-state index in [1.165, 1.54) is 21.0 Å². The third-order valence-corrected chi connectivity index (χ3v) is 4.82. The maximum Gasteiger partial charge on any atom is 0.303 e. The third-order valence-electron chi connectivity index (χ3n) is 4.82. The summed E-state index contributed by atoms with van der Waals surface area (Å²) >= 11 is 0. The molecular formula is C25H30O7. The summed E-state index contributed by atoms with van der Waals surface area (Å²) in [5.41, 5.74) is 1.71. The van der Waals surface area contributed by atoms with Crippen molar-refractivity contribution in [3.8, 4) is 17.2 Å². The standard InChI is InChI=1S/C25H30O7/c1-17(26)31-16-21(8-6-7-19-9-12-22(28-3)13-10-19)25(32-18(2)27)20-11-14-23(29-4)24(15-20)30-5/h6-7,9-15,21,25H,8,16H2,1-5H3/b7-6+/t21-,25+/m0/s1. The summed E-state index contributed by atoms with van der Waals surface area (Å²) in [5.74, 6) is 0.712. The average molecular weight is 443 g/mol. The van der Waals surface area contributed by atoms with Crippen LogP contribution in [0.3, 0.4) is 0 Å². The summed E-state index contributed by atoms with van der Waals surface area (Å²) < 4.78 is 26.8. The molecule has 0 saturated carbocycles. The number of esters is 2. The molecular weight excluding hydrogens is 412 g/mol. The van der Waals surface area contributed by atoms with Gasteiger partial charge < -0.3 is 23.7 Å². The Hall–Kier alpha value is -3.48. The van der Waals surface area contributed by atoms with Crippen molar-refractivity contribution in [1.82, 2.24) is 0 Å². The van der Waals surface area contributed by atoms with Crippen molar-refractivity contribution < 1.29 is 33.3 Å². The fraction of sp³-hybridized carbons (Fsp3) is 0.360. The van der Waals surface area contributed by atoms with Gasteiger partial charge in [0.25, 0.3) is 0 Å². The Bertz CT molecular complexity index is 918. The molecule has 0 radical (unpaired) electrons. The molecule has 172 valence electrons. The number of hydrogen-bond donors (Lipinski definition) is 0. The van der Waals surface area contributed by atoms with Crippen molar-refractivity contribution >= 4 is 18.0 Å². The first kappa shape index (κ1) is 24.8. The first-order chi connectivity index (χ1) is 15.4. The summed E-state index contributed by atoms with van der Waals surface area (Å²) in [5, 5.41) is 0. The Labute approximate surface area is 188 Å². The van der Waals surface area contributed by atoms with E-state index in [9.17, 15) is 9.59 Å². The highest BCUT2D eigenvalue weighted by Gasteiger charge is 2.27. The smallest absolute Gasteiger partial charge is 0.303 e. The van der Waals surface area contributed by atoms with Gasteiger partial charge in [-0.15, -0.1) is 0 Å². The molecule has 2 aromatic carbocycles. The topological polar surface area (TPSA) is 80.3 Å². The van der Waals surface area contributed by atoms with Gasteiger partial charge in [0, 0.05) is 19.8 Å². The number of ether oxygens (including phenoxy) is 5. The zero-order valence-electron chi connectivity index (χ0n) is 19.1. The minimum Gasteiger partial charge on any atom is -0.497 e. The zero-order valence-corrected chi connectivity index (χ0v) is 19.1. The molecule has 0 bridgehead atoms. The Morgan fingerprint density at radius 3 is 2.12 bits per heavy atom. The SMILES string of the molecule is COc1ccc(/C=C/C[C@@H](COC(C)=O)[C@H](OC(C)=O)c2ccc(OC)c(OC)c2)cc1. The molecule has 0 N–H and O–H groups in total. The molecule has 0 amide bonds. The van der Waals surface area contributed by atoms with Gasteiger partial charge >= 0.3 is 11.9 Å². The number of allylic oxidation sites excluding steroid dienone is 1. The van der Waals surface area contributed by atoms with E-state index in [0.717, 1.165) is 11.3 Å². The van der Waals surface area contributed by atoms with Crippen molar-refractivity contribution in [3.05, 3.63) is 59.7 Å². The van der Waals surface area contributed by atoms with Crippen LogP contribution in [0.4, 0.5) is 0 Å². The van der Waals surface area contributed by atoms with Gasteiger partial charge in [0.15, 0.2) is 11.5 Å². The number of carbonyl (C=O) groups excluding carboxylic acids is 2. The van der Waals surface area contributed by atoms with E-state index in [2.05, 4.69) is 0 Å². The predicted octanol–water partition coefficient (Wildman–Crippen LogP) is 4.60. The molecule has 0 aliphatic carbocycles. The molecule has 0 aliphatic heterocycles. The Balaban J connectivity index is 2.31. The van der Waals surface area contributed by atoms with Crippen LogP contribution in [0.15, 0.2) is 48.5 Å². The van der Waals surface area contributed by atoms with Gasteiger partial charge in [-0.25, -0.2) is 0 Å². The van der Waals surface area contributed by atoms with E-state index in [1.54, 1.807) is 26.4 Å². The fourth-order valence-corrected chi connectivity index (χ4v) is 3.24. The molecule has 2 aromatic rings. The zero-order chi connectivity index (χ0) is 23.5. The van der Waals surface area contributed by atoms with Gasteiger partial charge in [0.05, 0.1) is 27.9 Å². The predicted molar refractivity (Wildman–Crippen MR) is 121 cm³/mol. The van der Waals surface area contributed by atoms with Crippen LogP contribution < -0.4 is 14.2 Å². The molecule has 2 rings (SSSR count). The lowest BCUT2D eigenvalue weighted by Crippen LogP contribution is -2.23. The molecule has 0 aliphatic rings. The first-order valence-corrected chi connectivity index (χ1v) is 10.2. The van der Waals surface area contributed by atoms with Crippen molar-refractivity contribution in [3.63, 3.8) is 0 Å². The molecule has 2 atom stereocenters. The van der Waals surface area contributed by atoms with E-state index >= 15 is 0 Å². The van der Waals surface area contributed by atoms with Crippen LogP contribution in [0.25, 0.3) is 6.08 Å². The number of rotatable bonds is 11. The highest BCUT2D eigenvalue weighted by molar-refractivity contribution is 5.67. The molecule has 0 spiro atoms. The Kier molecular flexibility index (Phi) is 9.60. The van der Waals surface area contributed by atoms with Crippen LogP contribution in [0.1, 0.15) is 37.5 Å². The number of methoxy groups -OCH3 is 3. The van der Waals surface area contributed by atoms with Crippen LogP contribution in [0, 0.1) is 5.92 Å². The Morgan fingerprint density at radius 2 is 1.56 bits per heavy atom. The van der Waals surface area contributed by atoms with Crippen LogP contribution in [0.5, 0.6) is 17.2 Å². The second-order valence-corrected chi connectivity index (χ2v) is 7.12. The van der Waals surface area contributed by atoms with Gasteiger partial charge in [-0.05, 0) is 41.8 Å². The largest absolute Gasteiger partial charge is 0.497 e.